The zero-order chi connectivity index (χ0) is 14.6. The Morgan fingerprint density at radius 3 is 2.35 bits per heavy atom. The quantitative estimate of drug-likeness (QED) is 0.871. The van der Waals surface area contributed by atoms with E-state index < -0.39 is 10.0 Å². The van der Waals surface area contributed by atoms with Crippen LogP contribution in [0.25, 0.3) is 0 Å². The summed E-state index contributed by atoms with van der Waals surface area (Å²) in [6.45, 7) is 0. The van der Waals surface area contributed by atoms with Gasteiger partial charge in [-0.25, -0.2) is 18.4 Å². The molecule has 1 N–H and O–H groups in total. The molecule has 0 aliphatic heterocycles. The number of anilines is 1. The van der Waals surface area contributed by atoms with Crippen LogP contribution in [0, 0.1) is 11.3 Å². The number of benzene rings is 1. The minimum atomic E-state index is -3.75. The fourth-order valence-electron chi connectivity index (χ4n) is 1.44. The molecule has 1 heterocycles. The van der Waals surface area contributed by atoms with Gasteiger partial charge in [-0.1, -0.05) is 12.1 Å². The molecule has 0 aliphatic rings. The van der Waals surface area contributed by atoms with E-state index in [-0.39, 0.29) is 16.6 Å². The summed E-state index contributed by atoms with van der Waals surface area (Å²) >= 11 is 5.51. The molecular formula is C12H9ClN4O2S. The number of rotatable bonds is 4. The average Bonchev–Trinajstić information content (AvgIpc) is 2.41. The molecular weight excluding hydrogens is 300 g/mol. The van der Waals surface area contributed by atoms with Crippen molar-refractivity contribution in [3.63, 3.8) is 0 Å². The van der Waals surface area contributed by atoms with Gasteiger partial charge in [-0.05, 0) is 29.3 Å². The molecule has 20 heavy (non-hydrogen) atoms. The topological polar surface area (TPSA) is 95.7 Å². The van der Waals surface area contributed by atoms with Crippen LogP contribution in [0.1, 0.15) is 5.56 Å². The van der Waals surface area contributed by atoms with E-state index in [4.69, 9.17) is 16.9 Å². The summed E-state index contributed by atoms with van der Waals surface area (Å²) in [4.78, 5) is 7.17. The van der Waals surface area contributed by atoms with Gasteiger partial charge in [0, 0.05) is 5.69 Å². The number of aromatic nitrogens is 2. The van der Waals surface area contributed by atoms with Gasteiger partial charge in [-0.2, -0.15) is 5.26 Å². The van der Waals surface area contributed by atoms with E-state index in [1.165, 1.54) is 0 Å². The van der Waals surface area contributed by atoms with Crippen molar-refractivity contribution in [3.05, 3.63) is 47.5 Å². The highest BCUT2D eigenvalue weighted by atomic mass is 35.5. The molecule has 6 nitrogen and oxygen atoms in total. The Labute approximate surface area is 121 Å². The lowest BCUT2D eigenvalue weighted by Crippen LogP contribution is -2.13. The molecule has 1 aromatic carbocycles. The third-order valence-electron chi connectivity index (χ3n) is 2.40. The molecule has 0 spiro atoms. The smallest absolute Gasteiger partial charge is 0.264 e. The number of nitrogens with zero attached hydrogens (tertiary/aromatic N) is 3. The number of hydrogen-bond acceptors (Lipinski definition) is 5. The van der Waals surface area contributed by atoms with Crippen molar-refractivity contribution < 1.29 is 8.42 Å². The van der Waals surface area contributed by atoms with Gasteiger partial charge in [0.25, 0.3) is 10.0 Å². The fraction of sp³-hybridized carbons (Fsp3) is 0.0833. The van der Waals surface area contributed by atoms with E-state index in [1.807, 2.05) is 6.07 Å². The Kier molecular flexibility index (Phi) is 4.17. The van der Waals surface area contributed by atoms with E-state index in [0.29, 0.717) is 5.69 Å². The maximum atomic E-state index is 12.0. The molecule has 0 amide bonds. The highest BCUT2D eigenvalue weighted by molar-refractivity contribution is 7.92. The molecule has 0 fully saturated rings. The normalized spacial score (nSPS) is 10.8. The molecule has 0 saturated heterocycles. The molecule has 102 valence electrons. The minimum Gasteiger partial charge on any atom is -0.280 e. The number of nitriles is 1. The molecule has 0 unspecified atom stereocenters. The highest BCUT2D eigenvalue weighted by Gasteiger charge is 2.15. The predicted molar refractivity (Wildman–Crippen MR) is 73.6 cm³/mol. The first kappa shape index (κ1) is 14.2. The number of sulfonamides is 1. The third kappa shape index (κ3) is 3.44. The summed E-state index contributed by atoms with van der Waals surface area (Å²) in [5.74, 6) is 0. The molecule has 8 heteroatoms. The van der Waals surface area contributed by atoms with Gasteiger partial charge in [-0.3, -0.25) is 4.72 Å². The first-order valence-corrected chi connectivity index (χ1v) is 7.33. The van der Waals surface area contributed by atoms with Crippen LogP contribution in [0.2, 0.25) is 5.28 Å². The standard InChI is InChI=1S/C12H9ClN4O2S/c13-12-15-7-11(8-16-12)20(18,19)17-10-3-1-9(2-4-10)5-6-14/h1-4,7-8,17H,5H2. The van der Waals surface area contributed by atoms with E-state index in [1.54, 1.807) is 24.3 Å². The van der Waals surface area contributed by atoms with Gasteiger partial charge in [0.1, 0.15) is 4.90 Å². The summed E-state index contributed by atoms with van der Waals surface area (Å²) in [5.41, 5.74) is 1.20. The van der Waals surface area contributed by atoms with Crippen LogP contribution in [0.4, 0.5) is 5.69 Å². The number of halogens is 1. The SMILES string of the molecule is N#CCc1ccc(NS(=O)(=O)c2cnc(Cl)nc2)cc1. The van der Waals surface area contributed by atoms with Crippen LogP contribution >= 0.6 is 11.6 Å². The van der Waals surface area contributed by atoms with Gasteiger partial charge in [0.2, 0.25) is 5.28 Å². The molecule has 0 radical (unpaired) electrons. The summed E-state index contributed by atoms with van der Waals surface area (Å²) < 4.78 is 26.5. The van der Waals surface area contributed by atoms with Crippen LogP contribution in [0.5, 0.6) is 0 Å². The van der Waals surface area contributed by atoms with Gasteiger partial charge in [0.15, 0.2) is 0 Å². The fourth-order valence-corrected chi connectivity index (χ4v) is 2.48. The summed E-state index contributed by atoms with van der Waals surface area (Å²) in [6.07, 6.45) is 2.53. The first-order valence-electron chi connectivity index (χ1n) is 5.47. The Bertz CT molecular complexity index is 737. The second kappa shape index (κ2) is 5.86. The molecule has 0 bridgehead atoms. The lowest BCUT2D eigenvalue weighted by Gasteiger charge is -2.07. The van der Waals surface area contributed by atoms with Gasteiger partial charge in [-0.15, -0.1) is 0 Å². The third-order valence-corrected chi connectivity index (χ3v) is 3.93. The number of nitrogens with one attached hydrogen (secondary N) is 1. The van der Waals surface area contributed by atoms with Crippen molar-refractivity contribution in [1.82, 2.24) is 9.97 Å². The molecule has 2 aromatic rings. The van der Waals surface area contributed by atoms with Crippen LogP contribution in [0.15, 0.2) is 41.6 Å². The minimum absolute atomic E-state index is 0.0233. The van der Waals surface area contributed by atoms with Crippen molar-refractivity contribution in [3.8, 4) is 6.07 Å². The summed E-state index contributed by atoms with van der Waals surface area (Å²) in [5, 5.41) is 8.54. The van der Waals surface area contributed by atoms with Crippen molar-refractivity contribution in [2.75, 3.05) is 4.72 Å². The summed E-state index contributed by atoms with van der Waals surface area (Å²) in [6, 6.07) is 8.54. The molecule has 0 atom stereocenters. The lowest BCUT2D eigenvalue weighted by atomic mass is 10.1. The van der Waals surface area contributed by atoms with Crippen LogP contribution in [-0.4, -0.2) is 18.4 Å². The zero-order valence-electron chi connectivity index (χ0n) is 10.1. The first-order chi connectivity index (χ1) is 9.51. The van der Waals surface area contributed by atoms with Crippen LogP contribution in [-0.2, 0) is 16.4 Å². The van der Waals surface area contributed by atoms with Crippen LogP contribution in [0.3, 0.4) is 0 Å². The van der Waals surface area contributed by atoms with Crippen molar-refractivity contribution >= 4 is 27.3 Å². The lowest BCUT2D eigenvalue weighted by molar-refractivity contribution is 0.600. The summed E-state index contributed by atoms with van der Waals surface area (Å²) in [7, 11) is -3.75. The van der Waals surface area contributed by atoms with Crippen molar-refractivity contribution in [2.45, 2.75) is 11.3 Å². The van der Waals surface area contributed by atoms with E-state index in [2.05, 4.69) is 14.7 Å². The molecule has 2 rings (SSSR count). The molecule has 1 aromatic heterocycles. The predicted octanol–water partition coefficient (Wildman–Crippen LogP) is 2.00. The Balaban J connectivity index is 2.20. The van der Waals surface area contributed by atoms with E-state index in [9.17, 15) is 8.42 Å². The van der Waals surface area contributed by atoms with Gasteiger partial charge < -0.3 is 0 Å². The second-order valence-electron chi connectivity index (χ2n) is 3.83. The van der Waals surface area contributed by atoms with Crippen molar-refractivity contribution in [1.29, 1.82) is 5.26 Å². The Morgan fingerprint density at radius 1 is 1.20 bits per heavy atom. The maximum Gasteiger partial charge on any atom is 0.264 e. The highest BCUT2D eigenvalue weighted by Crippen LogP contribution is 2.16. The number of hydrogen-bond donors (Lipinski definition) is 1. The molecule has 0 aliphatic carbocycles. The monoisotopic (exact) mass is 308 g/mol. The van der Waals surface area contributed by atoms with Gasteiger partial charge in [0.05, 0.1) is 24.9 Å². The molecule has 0 saturated carbocycles. The van der Waals surface area contributed by atoms with E-state index in [0.717, 1.165) is 18.0 Å². The average molecular weight is 309 g/mol. The van der Waals surface area contributed by atoms with Crippen molar-refractivity contribution in [2.24, 2.45) is 0 Å². The van der Waals surface area contributed by atoms with E-state index >= 15 is 0 Å². The van der Waals surface area contributed by atoms with Crippen LogP contribution < -0.4 is 4.72 Å². The maximum absolute atomic E-state index is 12.0. The Morgan fingerprint density at radius 2 is 1.80 bits per heavy atom. The second-order valence-corrected chi connectivity index (χ2v) is 5.85. The zero-order valence-corrected chi connectivity index (χ0v) is 11.7. The van der Waals surface area contributed by atoms with Gasteiger partial charge >= 0.3 is 0 Å². The Hall–Kier alpha value is -2.17. The largest absolute Gasteiger partial charge is 0.280 e.